The number of fused-ring (bicyclic) bond motifs is 2. The van der Waals surface area contributed by atoms with Gasteiger partial charge in [-0.05, 0) is 92.3 Å². The average Bonchev–Trinajstić information content (AvgIpc) is 4.21. The van der Waals surface area contributed by atoms with Crippen LogP contribution in [0.3, 0.4) is 0 Å². The van der Waals surface area contributed by atoms with Crippen LogP contribution in [0.2, 0.25) is 10.0 Å². The molecule has 350 valence electrons. The number of aromatic nitrogens is 2. The summed E-state index contributed by atoms with van der Waals surface area (Å²) in [6, 6.07) is 14.6. The van der Waals surface area contributed by atoms with Gasteiger partial charge in [-0.15, -0.1) is 0 Å². The van der Waals surface area contributed by atoms with Crippen LogP contribution in [0.5, 0.6) is 0 Å². The number of Topliss-reactive ketones (excluding diaryl/α,β-unsaturated/α-hetero) is 2. The number of nitrogens with two attached hydrogens (primary N) is 2. The van der Waals surface area contributed by atoms with Crippen LogP contribution in [0.1, 0.15) is 83.3 Å². The minimum absolute atomic E-state index is 0. The van der Waals surface area contributed by atoms with Gasteiger partial charge in [0.1, 0.15) is 47.4 Å². The molecular formula is C47H48Cl2F4N6O5S2. The second-order valence-electron chi connectivity index (χ2n) is 16.2. The van der Waals surface area contributed by atoms with E-state index < -0.39 is 52.7 Å². The minimum Gasteiger partial charge on any atom is -0.463 e. The molecule has 11 nitrogen and oxygen atoms in total. The normalized spacial score (nSPS) is 25.8. The number of ether oxygens (including phenoxy) is 1. The van der Waals surface area contributed by atoms with Gasteiger partial charge in [-0.3, -0.25) is 19.6 Å². The number of ketones is 2. The van der Waals surface area contributed by atoms with Gasteiger partial charge in [0.05, 0.1) is 16.7 Å². The fourth-order valence-corrected chi connectivity index (χ4v) is 11.8. The summed E-state index contributed by atoms with van der Waals surface area (Å²) < 4.78 is 63.2. The summed E-state index contributed by atoms with van der Waals surface area (Å²) in [5.74, 6) is -2.93. The summed E-state index contributed by atoms with van der Waals surface area (Å²) in [7, 11) is 0. The molecule has 4 aliphatic rings. The number of benzene rings is 2. The van der Waals surface area contributed by atoms with E-state index in [1.54, 1.807) is 25.1 Å². The number of nitrogens with zero attached hydrogens (tertiary/aromatic N) is 4. The van der Waals surface area contributed by atoms with Gasteiger partial charge in [0.2, 0.25) is 0 Å². The Kier molecular flexibility index (Phi) is 15.8. The monoisotopic (exact) mass is 986 g/mol. The zero-order valence-corrected chi connectivity index (χ0v) is 38.1. The molecule has 0 amide bonds. The highest BCUT2D eigenvalue weighted by Crippen LogP contribution is 2.68. The van der Waals surface area contributed by atoms with E-state index in [0.29, 0.717) is 46.9 Å². The molecule has 8 rings (SSSR count). The molecule has 2 aliphatic heterocycles. The number of esters is 1. The molecule has 2 aliphatic carbocycles. The van der Waals surface area contributed by atoms with Crippen LogP contribution in [0.25, 0.3) is 0 Å². The fourth-order valence-electron chi connectivity index (χ4n) is 8.82. The lowest BCUT2D eigenvalue weighted by Gasteiger charge is -2.35. The number of aliphatic imine (C=N–C) groups is 2. The maximum atomic E-state index is 15.1. The molecule has 66 heavy (non-hydrogen) atoms. The number of thioether (sulfide) groups is 2. The van der Waals surface area contributed by atoms with Crippen LogP contribution in [-0.2, 0) is 33.5 Å². The number of aliphatic hydroxyl groups excluding tert-OH is 1. The van der Waals surface area contributed by atoms with Crippen molar-refractivity contribution in [3.63, 3.8) is 0 Å². The lowest BCUT2D eigenvalue weighted by molar-refractivity contribution is -0.137. The van der Waals surface area contributed by atoms with Crippen LogP contribution >= 0.6 is 46.7 Å². The van der Waals surface area contributed by atoms with Crippen molar-refractivity contribution in [3.8, 4) is 0 Å². The van der Waals surface area contributed by atoms with Gasteiger partial charge in [-0.25, -0.2) is 32.3 Å². The molecule has 0 bridgehead atoms. The summed E-state index contributed by atoms with van der Waals surface area (Å²) in [6.45, 7) is 0.0713. The molecule has 2 saturated carbocycles. The topological polar surface area (TPSA) is 183 Å². The number of alkyl halides is 2. The number of carbonyl (C=O) groups is 3. The smallest absolute Gasteiger partial charge is 0.330 e. The Hall–Kier alpha value is -4.81. The van der Waals surface area contributed by atoms with Gasteiger partial charge in [0, 0.05) is 70.4 Å². The van der Waals surface area contributed by atoms with Crippen LogP contribution in [0, 0.1) is 23.5 Å². The minimum atomic E-state index is -1.56. The number of hydrogen-bond acceptors (Lipinski definition) is 13. The summed E-state index contributed by atoms with van der Waals surface area (Å²) in [5, 5.41) is 10.4. The number of halogens is 6. The van der Waals surface area contributed by atoms with Gasteiger partial charge < -0.3 is 21.3 Å². The lowest BCUT2D eigenvalue weighted by atomic mass is 9.83. The third kappa shape index (κ3) is 10.3. The highest BCUT2D eigenvalue weighted by Gasteiger charge is 2.68. The van der Waals surface area contributed by atoms with E-state index in [2.05, 4.69) is 20.0 Å². The molecule has 6 atom stereocenters. The van der Waals surface area contributed by atoms with Crippen molar-refractivity contribution in [2.75, 3.05) is 26.6 Å². The Morgan fingerprint density at radius 3 is 1.79 bits per heavy atom. The van der Waals surface area contributed by atoms with Gasteiger partial charge in [0.15, 0.2) is 21.9 Å². The Bertz CT molecular complexity index is 2580. The lowest BCUT2D eigenvalue weighted by Crippen LogP contribution is -2.40. The van der Waals surface area contributed by atoms with E-state index in [4.69, 9.17) is 39.4 Å². The first-order chi connectivity index (χ1) is 31.1. The molecule has 5 N–H and O–H groups in total. The standard InChI is InChI=1S/C24H22ClF2N3O3S.C22H22ClF2N3O2S.CH4/c1-2-33-21(32)7-8-23-11-20(23)24(13-26,30-22(28)34-23)16-9-14(3-5-17(16)27)10-19(31)18-6-4-15(25)12-29-18;23-14-3-5-17(27-11-14)18(30)9-13-2-4-16(25)15(8-13)22(12-24)19-10-21(19,6-1-7-29)31-20(26)28-22;/h3-9,12,20H,2,10-11,13H2,1H3,(H2,28,30);2-5,8,11,19,29H,1,6-7,9-10,12H2,(H2,26,28);1H4/b8-7+;;/t20-,23+,24-;19-,21+,22-;/m11./s1. The summed E-state index contributed by atoms with van der Waals surface area (Å²) in [6.07, 6.45) is 7.93. The third-order valence-electron chi connectivity index (χ3n) is 12.1. The Morgan fingerprint density at radius 2 is 1.32 bits per heavy atom. The molecule has 2 aromatic heterocycles. The maximum absolute atomic E-state index is 15.1. The van der Waals surface area contributed by atoms with Gasteiger partial charge in [-0.2, -0.15) is 0 Å². The Balaban J connectivity index is 0.000000216. The molecule has 0 unspecified atom stereocenters. The van der Waals surface area contributed by atoms with E-state index in [1.807, 2.05) is 0 Å². The van der Waals surface area contributed by atoms with Crippen molar-refractivity contribution in [1.82, 2.24) is 9.97 Å². The first kappa shape index (κ1) is 50.6. The van der Waals surface area contributed by atoms with Crippen LogP contribution in [0.15, 0.2) is 95.2 Å². The van der Waals surface area contributed by atoms with Crippen molar-refractivity contribution in [2.24, 2.45) is 33.3 Å². The average molecular weight is 988 g/mol. The SMILES string of the molecule is C.CCOC(=O)/C=C/[C@]12C[C@H]1[C@@](CF)(c1cc(CC(=O)c3ccc(Cl)cn3)ccc1F)N=C(N)S2.NC1=N[C@](CF)(c2cc(CC(=O)c3ccc(Cl)cn3)ccc2F)[C@@H]2C[C@]2(CCCO)S1. The van der Waals surface area contributed by atoms with E-state index in [9.17, 15) is 32.7 Å². The Labute approximate surface area is 398 Å². The quantitative estimate of drug-likeness (QED) is 0.0421. The predicted molar refractivity (Wildman–Crippen MR) is 252 cm³/mol. The van der Waals surface area contributed by atoms with E-state index in [1.165, 1.54) is 90.5 Å². The number of amidine groups is 2. The van der Waals surface area contributed by atoms with Crippen LogP contribution < -0.4 is 11.5 Å². The first-order valence-corrected chi connectivity index (χ1v) is 23.0. The fraction of sp³-hybridized carbons (Fsp3) is 0.383. The zero-order valence-electron chi connectivity index (χ0n) is 34.9. The van der Waals surface area contributed by atoms with E-state index >= 15 is 4.39 Å². The number of carbonyl (C=O) groups excluding carboxylic acids is 3. The van der Waals surface area contributed by atoms with Crippen molar-refractivity contribution >= 4 is 74.6 Å². The summed E-state index contributed by atoms with van der Waals surface area (Å²) in [4.78, 5) is 53.8. The van der Waals surface area contributed by atoms with Crippen LogP contribution in [-0.4, -0.2) is 79.0 Å². The maximum Gasteiger partial charge on any atom is 0.330 e. The second kappa shape index (κ2) is 20.6. The van der Waals surface area contributed by atoms with Gasteiger partial charge in [0.25, 0.3) is 0 Å². The summed E-state index contributed by atoms with van der Waals surface area (Å²) in [5.41, 5.74) is 10.8. The second-order valence-corrected chi connectivity index (χ2v) is 19.9. The van der Waals surface area contributed by atoms with Crippen molar-refractivity contribution < 1.29 is 41.8 Å². The number of pyridine rings is 2. The third-order valence-corrected chi connectivity index (χ3v) is 15.1. The molecule has 0 radical (unpaired) electrons. The van der Waals surface area contributed by atoms with E-state index in [0.717, 1.165) is 0 Å². The molecule has 2 aromatic carbocycles. The molecule has 4 heterocycles. The molecule has 4 aromatic rings. The summed E-state index contributed by atoms with van der Waals surface area (Å²) >= 11 is 14.3. The van der Waals surface area contributed by atoms with Crippen molar-refractivity contribution in [1.29, 1.82) is 0 Å². The van der Waals surface area contributed by atoms with Crippen molar-refractivity contribution in [3.05, 3.63) is 141 Å². The van der Waals surface area contributed by atoms with Crippen molar-refractivity contribution in [2.45, 2.75) is 73.4 Å². The van der Waals surface area contributed by atoms with Gasteiger partial charge >= 0.3 is 5.97 Å². The zero-order chi connectivity index (χ0) is 46.7. The highest BCUT2D eigenvalue weighted by atomic mass is 35.5. The Morgan fingerprint density at radius 1 is 0.803 bits per heavy atom. The van der Waals surface area contributed by atoms with Gasteiger partial charge in [-0.1, -0.05) is 72.4 Å². The molecule has 0 saturated heterocycles. The van der Waals surface area contributed by atoms with E-state index in [-0.39, 0.29) is 88.6 Å². The number of hydrogen-bond donors (Lipinski definition) is 3. The number of rotatable bonds is 16. The highest BCUT2D eigenvalue weighted by molar-refractivity contribution is 8.15. The molecular weight excluding hydrogens is 940 g/mol. The molecule has 0 spiro atoms. The van der Waals surface area contributed by atoms with Crippen LogP contribution in [0.4, 0.5) is 17.6 Å². The largest absolute Gasteiger partial charge is 0.463 e. The number of aliphatic hydroxyl groups is 1. The first-order valence-electron chi connectivity index (χ1n) is 20.6. The molecule has 2 fully saturated rings. The predicted octanol–water partition coefficient (Wildman–Crippen LogP) is 9.10. The molecule has 19 heteroatoms.